The van der Waals surface area contributed by atoms with Crippen LogP contribution in [0.3, 0.4) is 0 Å². The van der Waals surface area contributed by atoms with Crippen LogP contribution in [0.2, 0.25) is 0 Å². The summed E-state index contributed by atoms with van der Waals surface area (Å²) in [6.45, 7) is 0.829. The molecule has 0 saturated carbocycles. The van der Waals surface area contributed by atoms with E-state index in [0.717, 1.165) is 29.7 Å². The number of rotatable bonds is 4. The van der Waals surface area contributed by atoms with Crippen molar-refractivity contribution in [2.24, 2.45) is 0 Å². The number of imidazole rings is 1. The number of nitrogen functional groups attached to an aromatic ring is 1. The SMILES string of the molecule is COc1ccc2nc(N)n(CCc3cccs3)c2c1. The minimum absolute atomic E-state index is 0.555. The molecule has 1 aromatic carbocycles. The average Bonchev–Trinajstić information content (AvgIpc) is 3.03. The summed E-state index contributed by atoms with van der Waals surface area (Å²) >= 11 is 1.76. The van der Waals surface area contributed by atoms with Gasteiger partial charge in [0.15, 0.2) is 0 Å². The number of anilines is 1. The standard InChI is InChI=1S/C14H15N3OS/c1-18-10-4-5-12-13(9-10)17(14(15)16-12)7-6-11-3-2-8-19-11/h2-5,8-9H,6-7H2,1H3,(H2,15,16). The fourth-order valence-corrected chi connectivity index (χ4v) is 2.86. The van der Waals surface area contributed by atoms with Crippen molar-refractivity contribution < 1.29 is 4.74 Å². The van der Waals surface area contributed by atoms with Gasteiger partial charge >= 0.3 is 0 Å². The van der Waals surface area contributed by atoms with Gasteiger partial charge in [0.05, 0.1) is 18.1 Å². The quantitative estimate of drug-likeness (QED) is 0.795. The smallest absolute Gasteiger partial charge is 0.201 e. The van der Waals surface area contributed by atoms with E-state index in [9.17, 15) is 0 Å². The molecule has 0 aliphatic heterocycles. The number of thiophene rings is 1. The number of ether oxygens (including phenoxy) is 1. The van der Waals surface area contributed by atoms with E-state index in [1.54, 1.807) is 18.4 Å². The second kappa shape index (κ2) is 4.93. The van der Waals surface area contributed by atoms with Crippen LogP contribution in [0.1, 0.15) is 4.88 Å². The molecule has 3 rings (SSSR count). The minimum atomic E-state index is 0.555. The fraction of sp³-hybridized carbons (Fsp3) is 0.214. The molecule has 0 fully saturated rings. The highest BCUT2D eigenvalue weighted by molar-refractivity contribution is 7.09. The molecule has 0 atom stereocenters. The first-order valence-corrected chi connectivity index (χ1v) is 6.98. The van der Waals surface area contributed by atoms with Gasteiger partial charge in [-0.15, -0.1) is 11.3 Å². The monoisotopic (exact) mass is 273 g/mol. The highest BCUT2D eigenvalue weighted by atomic mass is 32.1. The Morgan fingerprint density at radius 1 is 1.37 bits per heavy atom. The van der Waals surface area contributed by atoms with Crippen LogP contribution in [0.5, 0.6) is 5.75 Å². The first-order chi connectivity index (χ1) is 9.28. The van der Waals surface area contributed by atoms with Crippen molar-refractivity contribution in [3.05, 3.63) is 40.6 Å². The van der Waals surface area contributed by atoms with Crippen molar-refractivity contribution in [2.45, 2.75) is 13.0 Å². The number of aryl methyl sites for hydroxylation is 2. The van der Waals surface area contributed by atoms with E-state index in [1.807, 2.05) is 22.8 Å². The molecule has 0 bridgehead atoms. The van der Waals surface area contributed by atoms with E-state index in [2.05, 4.69) is 22.5 Å². The van der Waals surface area contributed by atoms with Gasteiger partial charge in [0.25, 0.3) is 0 Å². The molecule has 0 spiro atoms. The Bertz CT molecular complexity index is 688. The van der Waals surface area contributed by atoms with Crippen molar-refractivity contribution >= 4 is 28.3 Å². The van der Waals surface area contributed by atoms with E-state index in [4.69, 9.17) is 10.5 Å². The normalized spacial score (nSPS) is 11.0. The Morgan fingerprint density at radius 2 is 2.26 bits per heavy atom. The molecular formula is C14H15N3OS. The third kappa shape index (κ3) is 2.29. The third-order valence-electron chi connectivity index (χ3n) is 3.15. The Kier molecular flexibility index (Phi) is 3.13. The van der Waals surface area contributed by atoms with Gasteiger partial charge in [-0.25, -0.2) is 4.98 Å². The van der Waals surface area contributed by atoms with Crippen LogP contribution in [0.15, 0.2) is 35.7 Å². The largest absolute Gasteiger partial charge is 0.497 e. The highest BCUT2D eigenvalue weighted by Crippen LogP contribution is 2.23. The molecule has 98 valence electrons. The van der Waals surface area contributed by atoms with Crippen LogP contribution in [-0.4, -0.2) is 16.7 Å². The average molecular weight is 273 g/mol. The molecule has 5 heteroatoms. The maximum atomic E-state index is 6.00. The Balaban J connectivity index is 1.94. The number of nitrogens with two attached hydrogens (primary N) is 1. The summed E-state index contributed by atoms with van der Waals surface area (Å²) in [6, 6.07) is 10.0. The van der Waals surface area contributed by atoms with Gasteiger partial charge in [-0.3, -0.25) is 0 Å². The molecular weight excluding hydrogens is 258 g/mol. The number of aromatic nitrogens is 2. The summed E-state index contributed by atoms with van der Waals surface area (Å²) in [5.74, 6) is 1.38. The maximum Gasteiger partial charge on any atom is 0.201 e. The van der Waals surface area contributed by atoms with Gasteiger partial charge in [-0.1, -0.05) is 6.07 Å². The van der Waals surface area contributed by atoms with Gasteiger partial charge in [-0.2, -0.15) is 0 Å². The summed E-state index contributed by atoms with van der Waals surface area (Å²) in [4.78, 5) is 5.73. The number of hydrogen-bond donors (Lipinski definition) is 1. The van der Waals surface area contributed by atoms with Crippen LogP contribution in [0, 0.1) is 0 Å². The Hall–Kier alpha value is -2.01. The van der Waals surface area contributed by atoms with Crippen molar-refractivity contribution in [3.8, 4) is 5.75 Å². The maximum absolute atomic E-state index is 6.00. The molecule has 0 amide bonds. The van der Waals surface area contributed by atoms with Gasteiger partial charge in [0, 0.05) is 17.5 Å². The summed E-state index contributed by atoms with van der Waals surface area (Å²) in [5.41, 5.74) is 7.93. The van der Waals surface area contributed by atoms with Gasteiger partial charge in [0.2, 0.25) is 5.95 Å². The van der Waals surface area contributed by atoms with Crippen LogP contribution in [0.25, 0.3) is 11.0 Å². The van der Waals surface area contributed by atoms with Crippen LogP contribution < -0.4 is 10.5 Å². The van der Waals surface area contributed by atoms with E-state index in [-0.39, 0.29) is 0 Å². The molecule has 19 heavy (non-hydrogen) atoms. The number of nitrogens with zero attached hydrogens (tertiary/aromatic N) is 2. The molecule has 4 nitrogen and oxygen atoms in total. The number of methoxy groups -OCH3 is 1. The fourth-order valence-electron chi connectivity index (χ4n) is 2.16. The summed E-state index contributed by atoms with van der Waals surface area (Å²) < 4.78 is 7.30. The van der Waals surface area contributed by atoms with Crippen molar-refractivity contribution in [1.29, 1.82) is 0 Å². The Morgan fingerprint density at radius 3 is 3.00 bits per heavy atom. The third-order valence-corrected chi connectivity index (χ3v) is 4.08. The molecule has 3 aromatic rings. The van der Waals surface area contributed by atoms with E-state index in [0.29, 0.717) is 5.95 Å². The Labute approximate surface area is 115 Å². The number of hydrogen-bond acceptors (Lipinski definition) is 4. The van der Waals surface area contributed by atoms with Crippen molar-refractivity contribution in [1.82, 2.24) is 9.55 Å². The predicted octanol–water partition coefficient (Wildman–Crippen LogP) is 2.93. The molecule has 2 aromatic heterocycles. The molecule has 2 N–H and O–H groups in total. The summed E-state index contributed by atoms with van der Waals surface area (Å²) in [5, 5.41) is 2.09. The van der Waals surface area contributed by atoms with E-state index in [1.165, 1.54) is 4.88 Å². The summed E-state index contributed by atoms with van der Waals surface area (Å²) in [6.07, 6.45) is 0.963. The topological polar surface area (TPSA) is 53.1 Å². The van der Waals surface area contributed by atoms with Crippen LogP contribution in [0.4, 0.5) is 5.95 Å². The van der Waals surface area contributed by atoms with Crippen molar-refractivity contribution in [2.75, 3.05) is 12.8 Å². The molecule has 0 unspecified atom stereocenters. The van der Waals surface area contributed by atoms with Crippen LogP contribution in [-0.2, 0) is 13.0 Å². The second-order valence-corrected chi connectivity index (χ2v) is 5.34. The lowest BCUT2D eigenvalue weighted by atomic mass is 10.3. The second-order valence-electron chi connectivity index (χ2n) is 4.31. The van der Waals surface area contributed by atoms with Gasteiger partial charge in [0.1, 0.15) is 5.75 Å². The first kappa shape index (κ1) is 12.0. The van der Waals surface area contributed by atoms with E-state index < -0.39 is 0 Å². The molecule has 2 heterocycles. The zero-order valence-corrected chi connectivity index (χ0v) is 11.5. The molecule has 0 radical (unpaired) electrons. The van der Waals surface area contributed by atoms with Crippen LogP contribution >= 0.6 is 11.3 Å². The van der Waals surface area contributed by atoms with Gasteiger partial charge < -0.3 is 15.0 Å². The zero-order chi connectivity index (χ0) is 13.2. The lowest BCUT2D eigenvalue weighted by Crippen LogP contribution is -2.05. The molecule has 0 aliphatic rings. The summed E-state index contributed by atoms with van der Waals surface area (Å²) in [7, 11) is 1.66. The van der Waals surface area contributed by atoms with Crippen molar-refractivity contribution in [3.63, 3.8) is 0 Å². The lowest BCUT2D eigenvalue weighted by molar-refractivity contribution is 0.415. The zero-order valence-electron chi connectivity index (χ0n) is 10.7. The number of benzene rings is 1. The molecule has 0 aliphatic carbocycles. The highest BCUT2D eigenvalue weighted by Gasteiger charge is 2.09. The molecule has 0 saturated heterocycles. The minimum Gasteiger partial charge on any atom is -0.497 e. The predicted molar refractivity (Wildman–Crippen MR) is 78.7 cm³/mol. The first-order valence-electron chi connectivity index (χ1n) is 6.10. The number of fused-ring (bicyclic) bond motifs is 1. The van der Waals surface area contributed by atoms with E-state index >= 15 is 0 Å². The lowest BCUT2D eigenvalue weighted by Gasteiger charge is -2.06. The van der Waals surface area contributed by atoms with Gasteiger partial charge in [-0.05, 0) is 30.0 Å².